The highest BCUT2D eigenvalue weighted by molar-refractivity contribution is 7.92. The van der Waals surface area contributed by atoms with E-state index in [-0.39, 0.29) is 33.1 Å². The van der Waals surface area contributed by atoms with E-state index >= 15 is 0 Å². The summed E-state index contributed by atoms with van der Waals surface area (Å²) in [7, 11) is -2.67. The summed E-state index contributed by atoms with van der Waals surface area (Å²) in [6.07, 6.45) is 0. The van der Waals surface area contributed by atoms with Gasteiger partial charge in [0.25, 0.3) is 10.0 Å². The van der Waals surface area contributed by atoms with E-state index in [0.29, 0.717) is 5.75 Å². The molecular formula is C30H35Cl2N3O5S. The molecule has 8 nitrogen and oxygen atoms in total. The van der Waals surface area contributed by atoms with Crippen molar-refractivity contribution >= 4 is 50.7 Å². The number of nitrogens with one attached hydrogen (secondary N) is 1. The lowest BCUT2D eigenvalue weighted by Gasteiger charge is -2.33. The molecule has 0 aliphatic rings. The van der Waals surface area contributed by atoms with Gasteiger partial charge < -0.3 is 15.0 Å². The lowest BCUT2D eigenvalue weighted by Crippen LogP contribution is -2.54. The molecule has 0 unspecified atom stereocenters. The molecule has 1 N–H and O–H groups in total. The second-order valence-electron chi connectivity index (χ2n) is 10.7. The average molecular weight is 621 g/mol. The molecule has 220 valence electrons. The third-order valence-electron chi connectivity index (χ3n) is 6.26. The van der Waals surface area contributed by atoms with Crippen LogP contribution in [0.4, 0.5) is 5.69 Å². The van der Waals surface area contributed by atoms with Gasteiger partial charge in [0.2, 0.25) is 11.8 Å². The van der Waals surface area contributed by atoms with E-state index in [4.69, 9.17) is 27.9 Å². The van der Waals surface area contributed by atoms with Crippen LogP contribution < -0.4 is 14.4 Å². The van der Waals surface area contributed by atoms with Crippen LogP contribution in [0.2, 0.25) is 10.0 Å². The van der Waals surface area contributed by atoms with Gasteiger partial charge in [-0.3, -0.25) is 13.9 Å². The number of benzene rings is 3. The molecule has 1 atom stereocenters. The molecule has 11 heteroatoms. The Morgan fingerprint density at radius 2 is 1.56 bits per heavy atom. The lowest BCUT2D eigenvalue weighted by atomic mass is 10.1. The summed E-state index contributed by atoms with van der Waals surface area (Å²) in [5.41, 5.74) is 1.23. The number of ether oxygens (including phenoxy) is 1. The van der Waals surface area contributed by atoms with Crippen molar-refractivity contribution in [2.24, 2.45) is 0 Å². The molecule has 0 fully saturated rings. The Labute approximate surface area is 252 Å². The molecule has 0 aliphatic heterocycles. The molecule has 0 saturated heterocycles. The minimum atomic E-state index is -4.22. The van der Waals surface area contributed by atoms with Crippen LogP contribution in [0.15, 0.2) is 71.6 Å². The third-order valence-corrected chi connectivity index (χ3v) is 8.78. The Hall–Kier alpha value is -3.27. The van der Waals surface area contributed by atoms with Gasteiger partial charge in [-0.1, -0.05) is 53.0 Å². The fourth-order valence-electron chi connectivity index (χ4n) is 3.99. The average Bonchev–Trinajstić information content (AvgIpc) is 2.91. The Morgan fingerprint density at radius 3 is 2.10 bits per heavy atom. The second-order valence-corrected chi connectivity index (χ2v) is 13.4. The lowest BCUT2D eigenvalue weighted by molar-refractivity contribution is -0.140. The molecule has 0 aromatic heterocycles. The maximum absolute atomic E-state index is 14.0. The predicted molar refractivity (Wildman–Crippen MR) is 163 cm³/mol. The summed E-state index contributed by atoms with van der Waals surface area (Å²) in [6.45, 7) is 8.45. The van der Waals surface area contributed by atoms with Gasteiger partial charge in [0.15, 0.2) is 0 Å². The number of aryl methyl sites for hydroxylation is 1. The van der Waals surface area contributed by atoms with Crippen LogP contribution >= 0.6 is 23.2 Å². The van der Waals surface area contributed by atoms with Gasteiger partial charge in [-0.05, 0) is 82.6 Å². The molecule has 0 radical (unpaired) electrons. The highest BCUT2D eigenvalue weighted by Gasteiger charge is 2.33. The maximum atomic E-state index is 14.0. The molecule has 3 aromatic rings. The summed E-state index contributed by atoms with van der Waals surface area (Å²) in [6, 6.07) is 16.8. The van der Waals surface area contributed by atoms with Crippen molar-refractivity contribution in [3.63, 3.8) is 0 Å². The van der Waals surface area contributed by atoms with Crippen molar-refractivity contribution in [2.45, 2.75) is 57.6 Å². The van der Waals surface area contributed by atoms with Crippen molar-refractivity contribution in [2.75, 3.05) is 18.0 Å². The van der Waals surface area contributed by atoms with Gasteiger partial charge in [0.05, 0.1) is 27.7 Å². The first-order valence-corrected chi connectivity index (χ1v) is 15.1. The Balaban J connectivity index is 2.06. The van der Waals surface area contributed by atoms with Crippen LogP contribution in [0, 0.1) is 6.92 Å². The largest absolute Gasteiger partial charge is 0.497 e. The summed E-state index contributed by atoms with van der Waals surface area (Å²) in [4.78, 5) is 28.6. The topological polar surface area (TPSA) is 96.0 Å². The first kappa shape index (κ1) is 32.2. The molecule has 0 saturated carbocycles. The molecule has 0 heterocycles. The molecule has 3 aromatic carbocycles. The first-order chi connectivity index (χ1) is 19.1. The predicted octanol–water partition coefficient (Wildman–Crippen LogP) is 5.84. The van der Waals surface area contributed by atoms with Gasteiger partial charge in [-0.15, -0.1) is 0 Å². The molecule has 0 bridgehead atoms. The van der Waals surface area contributed by atoms with Gasteiger partial charge >= 0.3 is 0 Å². The zero-order valence-corrected chi connectivity index (χ0v) is 26.3. The Kier molecular flexibility index (Phi) is 10.3. The van der Waals surface area contributed by atoms with Crippen LogP contribution in [-0.4, -0.2) is 50.4 Å². The molecule has 41 heavy (non-hydrogen) atoms. The number of carbonyl (C=O) groups is 2. The SMILES string of the molecule is COc1ccc(CN(C(=O)CN(c2ccc(Cl)c(Cl)c2)S(=O)(=O)c2ccc(C)cc2)[C@H](C)C(=O)NC(C)(C)C)cc1. The number of nitrogens with zero attached hydrogens (tertiary/aromatic N) is 2. The van der Waals surface area contributed by atoms with Gasteiger partial charge in [0.1, 0.15) is 18.3 Å². The fraction of sp³-hybridized carbons (Fsp3) is 0.333. The zero-order chi connectivity index (χ0) is 30.5. The second kappa shape index (κ2) is 13.1. The minimum absolute atomic E-state index is 0.00204. The Morgan fingerprint density at radius 1 is 0.951 bits per heavy atom. The standard InChI is InChI=1S/C30H35Cl2N3O5S/c1-20-7-14-25(15-8-20)41(38,39)35(23-11-16-26(31)27(32)17-23)19-28(36)34(21(2)29(37)33-30(3,4)5)18-22-9-12-24(40-6)13-10-22/h7-17,21H,18-19H2,1-6H3,(H,33,37)/t21-/m1/s1. The van der Waals surface area contributed by atoms with Crippen molar-refractivity contribution in [1.82, 2.24) is 10.2 Å². The molecule has 0 spiro atoms. The van der Waals surface area contributed by atoms with Crippen molar-refractivity contribution < 1.29 is 22.7 Å². The number of sulfonamides is 1. The highest BCUT2D eigenvalue weighted by atomic mass is 35.5. The quantitative estimate of drug-likeness (QED) is 0.308. The summed E-state index contributed by atoms with van der Waals surface area (Å²) < 4.78 is 34.0. The van der Waals surface area contributed by atoms with E-state index in [1.54, 1.807) is 50.4 Å². The number of anilines is 1. The van der Waals surface area contributed by atoms with E-state index in [0.717, 1.165) is 15.4 Å². The first-order valence-electron chi connectivity index (χ1n) is 12.9. The van der Waals surface area contributed by atoms with Crippen molar-refractivity contribution in [1.29, 1.82) is 0 Å². The maximum Gasteiger partial charge on any atom is 0.264 e. The van der Waals surface area contributed by atoms with E-state index in [2.05, 4.69) is 5.32 Å². The normalized spacial score (nSPS) is 12.4. The van der Waals surface area contributed by atoms with Gasteiger partial charge in [0, 0.05) is 12.1 Å². The van der Waals surface area contributed by atoms with E-state index < -0.39 is 34.1 Å². The smallest absolute Gasteiger partial charge is 0.264 e. The van der Waals surface area contributed by atoms with E-state index in [9.17, 15) is 18.0 Å². The van der Waals surface area contributed by atoms with Crippen LogP contribution in [0.3, 0.4) is 0 Å². The summed E-state index contributed by atoms with van der Waals surface area (Å²) in [5, 5.41) is 3.27. The minimum Gasteiger partial charge on any atom is -0.497 e. The van der Waals surface area contributed by atoms with Crippen molar-refractivity contribution in [3.05, 3.63) is 87.9 Å². The molecule has 0 aliphatic carbocycles. The van der Waals surface area contributed by atoms with Crippen LogP contribution in [0.25, 0.3) is 0 Å². The van der Waals surface area contributed by atoms with Gasteiger partial charge in [-0.25, -0.2) is 8.42 Å². The van der Waals surface area contributed by atoms with E-state index in [1.165, 1.54) is 35.2 Å². The van der Waals surface area contributed by atoms with E-state index in [1.807, 2.05) is 27.7 Å². The molecular weight excluding hydrogens is 585 g/mol. The number of halogens is 2. The van der Waals surface area contributed by atoms with Crippen LogP contribution in [-0.2, 0) is 26.2 Å². The van der Waals surface area contributed by atoms with Crippen molar-refractivity contribution in [3.8, 4) is 5.75 Å². The number of carbonyl (C=O) groups excluding carboxylic acids is 2. The van der Waals surface area contributed by atoms with Crippen LogP contribution in [0.1, 0.15) is 38.8 Å². The number of hydrogen-bond acceptors (Lipinski definition) is 5. The molecule has 3 rings (SSSR count). The van der Waals surface area contributed by atoms with Gasteiger partial charge in [-0.2, -0.15) is 0 Å². The number of amides is 2. The Bertz CT molecular complexity index is 1490. The zero-order valence-electron chi connectivity index (χ0n) is 23.9. The number of methoxy groups -OCH3 is 1. The summed E-state index contributed by atoms with van der Waals surface area (Å²) >= 11 is 12.4. The monoisotopic (exact) mass is 619 g/mol. The number of rotatable bonds is 10. The molecule has 2 amide bonds. The summed E-state index contributed by atoms with van der Waals surface area (Å²) in [5.74, 6) is -0.318. The third kappa shape index (κ3) is 8.38. The number of hydrogen-bond donors (Lipinski definition) is 1. The fourth-order valence-corrected chi connectivity index (χ4v) is 5.69. The van der Waals surface area contributed by atoms with Crippen LogP contribution in [0.5, 0.6) is 5.75 Å². The highest BCUT2D eigenvalue weighted by Crippen LogP contribution is 2.31.